The lowest BCUT2D eigenvalue weighted by molar-refractivity contribution is 0.0958. The van der Waals surface area contributed by atoms with Crippen LogP contribution in [0, 0.1) is 11.6 Å². The highest BCUT2D eigenvalue weighted by Crippen LogP contribution is 2.22. The van der Waals surface area contributed by atoms with Gasteiger partial charge in [-0.3, -0.25) is 0 Å². The van der Waals surface area contributed by atoms with Crippen molar-refractivity contribution in [3.63, 3.8) is 0 Å². The van der Waals surface area contributed by atoms with E-state index in [1.54, 1.807) is 0 Å². The molecule has 0 saturated heterocycles. The normalized spacial score (nSPS) is 13.3. The lowest BCUT2D eigenvalue weighted by atomic mass is 10.1. The van der Waals surface area contributed by atoms with Crippen molar-refractivity contribution < 1.29 is 13.9 Å². The second-order valence-corrected chi connectivity index (χ2v) is 4.56. The van der Waals surface area contributed by atoms with Crippen LogP contribution < -0.4 is 0 Å². The van der Waals surface area contributed by atoms with Gasteiger partial charge in [0.25, 0.3) is 0 Å². The van der Waals surface area contributed by atoms with Crippen LogP contribution >= 0.6 is 0 Å². The van der Waals surface area contributed by atoms with Crippen molar-refractivity contribution in [2.24, 2.45) is 0 Å². The zero-order valence-electron chi connectivity index (χ0n) is 11.2. The van der Waals surface area contributed by atoms with E-state index in [2.05, 4.69) is 13.8 Å². The van der Waals surface area contributed by atoms with Gasteiger partial charge in [-0.2, -0.15) is 0 Å². The molecule has 0 aliphatic heterocycles. The van der Waals surface area contributed by atoms with Crippen molar-refractivity contribution in [1.82, 2.24) is 4.90 Å². The second-order valence-electron chi connectivity index (χ2n) is 4.56. The van der Waals surface area contributed by atoms with Crippen molar-refractivity contribution in [3.8, 4) is 0 Å². The number of likely N-dealkylation sites (N-methyl/N-ethyl adjacent to an activating group) is 1. The molecular weight excluding hydrogens is 236 g/mol. The monoisotopic (exact) mass is 257 g/mol. The molecule has 2 nitrogen and oxygen atoms in total. The molecule has 1 N–H and O–H groups in total. The first-order valence-electron chi connectivity index (χ1n) is 6.33. The molecule has 0 aliphatic rings. The highest BCUT2D eigenvalue weighted by molar-refractivity contribution is 5.22. The number of benzene rings is 1. The van der Waals surface area contributed by atoms with Crippen LogP contribution in [0.1, 0.15) is 38.4 Å². The molecule has 1 aromatic rings. The van der Waals surface area contributed by atoms with Crippen molar-refractivity contribution in [3.05, 3.63) is 35.4 Å². The summed E-state index contributed by atoms with van der Waals surface area (Å²) in [5, 5.41) is 9.97. The maximum atomic E-state index is 13.5. The van der Waals surface area contributed by atoms with Crippen molar-refractivity contribution in [1.29, 1.82) is 0 Å². The molecule has 1 unspecified atom stereocenters. The van der Waals surface area contributed by atoms with Gasteiger partial charge < -0.3 is 10.0 Å². The fraction of sp³-hybridized carbons (Fsp3) is 0.571. The van der Waals surface area contributed by atoms with E-state index in [9.17, 15) is 13.9 Å². The maximum Gasteiger partial charge on any atom is 0.131 e. The minimum Gasteiger partial charge on any atom is -0.387 e. The fourth-order valence-electron chi connectivity index (χ4n) is 2.25. The molecule has 4 heteroatoms. The molecule has 0 fully saturated rings. The summed E-state index contributed by atoms with van der Waals surface area (Å²) < 4.78 is 27.0. The first-order valence-corrected chi connectivity index (χ1v) is 6.33. The number of rotatable bonds is 6. The summed E-state index contributed by atoms with van der Waals surface area (Å²) in [5.41, 5.74) is -0.240. The lowest BCUT2D eigenvalue weighted by Gasteiger charge is -2.28. The fourth-order valence-corrected chi connectivity index (χ4v) is 2.25. The molecule has 1 aromatic carbocycles. The van der Waals surface area contributed by atoms with E-state index in [-0.39, 0.29) is 12.1 Å². The highest BCUT2D eigenvalue weighted by Gasteiger charge is 2.21. The smallest absolute Gasteiger partial charge is 0.131 e. The van der Waals surface area contributed by atoms with Crippen LogP contribution in [0.4, 0.5) is 8.78 Å². The number of hydrogen-bond acceptors (Lipinski definition) is 2. The van der Waals surface area contributed by atoms with Gasteiger partial charge in [0.2, 0.25) is 0 Å². The van der Waals surface area contributed by atoms with Crippen molar-refractivity contribution in [2.75, 3.05) is 13.6 Å². The molecule has 0 saturated carbocycles. The minimum atomic E-state index is -1.14. The van der Waals surface area contributed by atoms with E-state index in [0.717, 1.165) is 12.8 Å². The molecule has 0 aliphatic carbocycles. The summed E-state index contributed by atoms with van der Waals surface area (Å²) in [7, 11) is 1.86. The molecule has 0 heterocycles. The number of hydrogen-bond donors (Lipinski definition) is 1. The molecule has 0 aromatic heterocycles. The van der Waals surface area contributed by atoms with Gasteiger partial charge in [-0.05, 0) is 32.0 Å². The van der Waals surface area contributed by atoms with Gasteiger partial charge in [-0.25, -0.2) is 8.78 Å². The number of nitrogens with zero attached hydrogens (tertiary/aromatic N) is 1. The Kier molecular flexibility index (Phi) is 5.69. The molecule has 0 bridgehead atoms. The van der Waals surface area contributed by atoms with Gasteiger partial charge in [0, 0.05) is 12.6 Å². The molecule has 1 atom stereocenters. The standard InChI is InChI=1S/C14H21F2NO/c1-4-10(5-2)17(3)9-13(18)14-11(15)7-6-8-12(14)16/h6-8,10,13,18H,4-5,9H2,1-3H3. The van der Waals surface area contributed by atoms with Gasteiger partial charge in [0.15, 0.2) is 0 Å². The summed E-state index contributed by atoms with van der Waals surface area (Å²) in [6.45, 7) is 4.34. The predicted molar refractivity (Wildman–Crippen MR) is 68.3 cm³/mol. The van der Waals surface area contributed by atoms with Gasteiger partial charge in [0.1, 0.15) is 11.6 Å². The average Bonchev–Trinajstić information content (AvgIpc) is 2.30. The Morgan fingerprint density at radius 3 is 2.11 bits per heavy atom. The first-order chi connectivity index (χ1) is 8.51. The number of aliphatic hydroxyl groups is 1. The van der Waals surface area contributed by atoms with Gasteiger partial charge in [-0.1, -0.05) is 19.9 Å². The lowest BCUT2D eigenvalue weighted by Crippen LogP contribution is -2.34. The van der Waals surface area contributed by atoms with E-state index in [0.29, 0.717) is 6.04 Å². The average molecular weight is 257 g/mol. The third-order valence-electron chi connectivity index (χ3n) is 3.36. The predicted octanol–water partition coefficient (Wildman–Crippen LogP) is 3.12. The van der Waals surface area contributed by atoms with Gasteiger partial charge in [-0.15, -0.1) is 0 Å². The molecule has 1 rings (SSSR count). The summed E-state index contributed by atoms with van der Waals surface area (Å²) in [6.07, 6.45) is 0.746. The topological polar surface area (TPSA) is 23.5 Å². The largest absolute Gasteiger partial charge is 0.387 e. The van der Waals surface area contributed by atoms with Crippen LogP contribution in [0.2, 0.25) is 0 Å². The third kappa shape index (κ3) is 3.50. The zero-order chi connectivity index (χ0) is 13.7. The van der Waals surface area contributed by atoms with Crippen molar-refractivity contribution >= 4 is 0 Å². The van der Waals surface area contributed by atoms with Gasteiger partial charge in [0.05, 0.1) is 11.7 Å². The van der Waals surface area contributed by atoms with Crippen LogP contribution in [0.15, 0.2) is 18.2 Å². The summed E-state index contributed by atoms with van der Waals surface area (Å²) in [5.74, 6) is -1.39. The Labute approximate surface area is 107 Å². The Morgan fingerprint density at radius 2 is 1.67 bits per heavy atom. The molecule has 0 radical (unpaired) electrons. The Hall–Kier alpha value is -1.00. The van der Waals surface area contributed by atoms with Crippen molar-refractivity contribution in [2.45, 2.75) is 38.8 Å². The van der Waals surface area contributed by atoms with E-state index in [1.807, 2.05) is 11.9 Å². The molecule has 0 amide bonds. The minimum absolute atomic E-state index is 0.226. The Balaban J connectivity index is 2.79. The number of aliphatic hydroxyl groups excluding tert-OH is 1. The Morgan fingerprint density at radius 1 is 1.17 bits per heavy atom. The first kappa shape index (κ1) is 15.1. The van der Waals surface area contributed by atoms with Crippen LogP contribution in [0.3, 0.4) is 0 Å². The SMILES string of the molecule is CCC(CC)N(C)CC(O)c1c(F)cccc1F. The van der Waals surface area contributed by atoms with E-state index in [4.69, 9.17) is 0 Å². The quantitative estimate of drug-likeness (QED) is 0.846. The number of halogens is 2. The van der Waals surface area contributed by atoms with Crippen LogP contribution in [-0.4, -0.2) is 29.6 Å². The van der Waals surface area contributed by atoms with E-state index >= 15 is 0 Å². The zero-order valence-corrected chi connectivity index (χ0v) is 11.2. The molecule has 102 valence electrons. The summed E-state index contributed by atoms with van der Waals surface area (Å²) in [4.78, 5) is 1.94. The molecule has 0 spiro atoms. The second kappa shape index (κ2) is 6.81. The molecular formula is C14H21F2NO. The molecule has 18 heavy (non-hydrogen) atoms. The highest BCUT2D eigenvalue weighted by atomic mass is 19.1. The summed E-state index contributed by atoms with van der Waals surface area (Å²) >= 11 is 0. The van der Waals surface area contributed by atoms with Gasteiger partial charge >= 0.3 is 0 Å². The van der Waals surface area contributed by atoms with Crippen LogP contribution in [-0.2, 0) is 0 Å². The van der Waals surface area contributed by atoms with Crippen LogP contribution in [0.25, 0.3) is 0 Å². The summed E-state index contributed by atoms with van der Waals surface area (Å²) in [6, 6.07) is 3.94. The third-order valence-corrected chi connectivity index (χ3v) is 3.36. The Bertz CT molecular complexity index is 360. The maximum absolute atomic E-state index is 13.5. The van der Waals surface area contributed by atoms with Crippen LogP contribution in [0.5, 0.6) is 0 Å². The van der Waals surface area contributed by atoms with E-state index in [1.165, 1.54) is 18.2 Å². The van der Waals surface area contributed by atoms with E-state index < -0.39 is 17.7 Å².